The van der Waals surface area contributed by atoms with E-state index < -0.39 is 0 Å². The molecule has 0 unspecified atom stereocenters. The van der Waals surface area contributed by atoms with Crippen LogP contribution in [0.3, 0.4) is 0 Å². The van der Waals surface area contributed by atoms with E-state index in [4.69, 9.17) is 5.73 Å². The number of benzene rings is 1. The van der Waals surface area contributed by atoms with E-state index in [0.29, 0.717) is 11.1 Å². The highest BCUT2D eigenvalue weighted by Crippen LogP contribution is 2.17. The predicted octanol–water partition coefficient (Wildman–Crippen LogP) is 2.34. The van der Waals surface area contributed by atoms with E-state index in [1.165, 1.54) is 0 Å². The maximum atomic E-state index is 12.2. The first-order valence-corrected chi connectivity index (χ1v) is 5.31. The van der Waals surface area contributed by atoms with Gasteiger partial charge in [0.25, 0.3) is 5.56 Å². The molecular weight excluding hydrogens is 200 g/mol. The van der Waals surface area contributed by atoms with Gasteiger partial charge in [0.15, 0.2) is 0 Å². The van der Waals surface area contributed by atoms with Crippen molar-refractivity contribution in [3.63, 3.8) is 0 Å². The van der Waals surface area contributed by atoms with Crippen LogP contribution in [0.2, 0.25) is 0 Å². The summed E-state index contributed by atoms with van der Waals surface area (Å²) in [6, 6.07) is 7.30. The van der Waals surface area contributed by atoms with Crippen LogP contribution >= 0.6 is 0 Å². The highest BCUT2D eigenvalue weighted by Gasteiger charge is 2.15. The standard InChI is InChI=1S/C13H16N2O/c1-13(2,3)15-7-6-9-8-10(14)4-5-11(9)12(15)16/h4-8H,14H2,1-3H3. The zero-order chi connectivity index (χ0) is 11.9. The minimum absolute atomic E-state index is 0.0324. The van der Waals surface area contributed by atoms with Crippen molar-refractivity contribution in [2.24, 2.45) is 0 Å². The summed E-state index contributed by atoms with van der Waals surface area (Å²) in [4.78, 5) is 12.2. The van der Waals surface area contributed by atoms with Crippen molar-refractivity contribution in [1.29, 1.82) is 0 Å². The third kappa shape index (κ3) is 1.69. The number of aromatic nitrogens is 1. The number of rotatable bonds is 0. The monoisotopic (exact) mass is 216 g/mol. The molecule has 0 radical (unpaired) electrons. The fourth-order valence-corrected chi connectivity index (χ4v) is 1.79. The van der Waals surface area contributed by atoms with Gasteiger partial charge in [-0.1, -0.05) is 0 Å². The van der Waals surface area contributed by atoms with Gasteiger partial charge in [-0.2, -0.15) is 0 Å². The Morgan fingerprint density at radius 2 is 1.88 bits per heavy atom. The summed E-state index contributed by atoms with van der Waals surface area (Å²) in [5.41, 5.74) is 6.20. The number of nitrogens with zero attached hydrogens (tertiary/aromatic N) is 1. The molecule has 84 valence electrons. The van der Waals surface area contributed by atoms with E-state index in [2.05, 4.69) is 0 Å². The zero-order valence-corrected chi connectivity index (χ0v) is 9.82. The zero-order valence-electron chi connectivity index (χ0n) is 9.82. The molecule has 0 saturated carbocycles. The van der Waals surface area contributed by atoms with Gasteiger partial charge in [0.05, 0.1) is 0 Å². The Balaban J connectivity index is 2.81. The summed E-state index contributed by atoms with van der Waals surface area (Å²) in [7, 11) is 0. The van der Waals surface area contributed by atoms with Crippen LogP contribution in [0.4, 0.5) is 5.69 Å². The molecule has 2 rings (SSSR count). The van der Waals surface area contributed by atoms with Crippen LogP contribution in [0.1, 0.15) is 20.8 Å². The molecule has 2 aromatic rings. The highest BCUT2D eigenvalue weighted by atomic mass is 16.1. The first-order valence-electron chi connectivity index (χ1n) is 5.31. The molecule has 3 heteroatoms. The van der Waals surface area contributed by atoms with Crippen molar-refractivity contribution in [3.8, 4) is 0 Å². The van der Waals surface area contributed by atoms with Gasteiger partial charge in [0.2, 0.25) is 0 Å². The van der Waals surface area contributed by atoms with Crippen molar-refractivity contribution in [1.82, 2.24) is 4.57 Å². The van der Waals surface area contributed by atoms with E-state index in [1.54, 1.807) is 16.7 Å². The molecule has 0 saturated heterocycles. The Morgan fingerprint density at radius 1 is 1.19 bits per heavy atom. The maximum Gasteiger partial charge on any atom is 0.258 e. The Kier molecular flexibility index (Phi) is 2.26. The van der Waals surface area contributed by atoms with Gasteiger partial charge >= 0.3 is 0 Å². The Hall–Kier alpha value is -1.77. The van der Waals surface area contributed by atoms with Crippen LogP contribution in [-0.4, -0.2) is 4.57 Å². The number of nitrogens with two attached hydrogens (primary N) is 1. The van der Waals surface area contributed by atoms with E-state index in [0.717, 1.165) is 5.39 Å². The summed E-state index contributed by atoms with van der Waals surface area (Å²) in [6.45, 7) is 6.03. The van der Waals surface area contributed by atoms with Gasteiger partial charge < -0.3 is 10.3 Å². The maximum absolute atomic E-state index is 12.2. The van der Waals surface area contributed by atoms with Crippen molar-refractivity contribution in [2.75, 3.05) is 5.73 Å². The fraction of sp³-hybridized carbons (Fsp3) is 0.308. The minimum atomic E-state index is -0.202. The average Bonchev–Trinajstić information content (AvgIpc) is 2.15. The lowest BCUT2D eigenvalue weighted by Crippen LogP contribution is -2.33. The number of nitrogen functional groups attached to an aromatic ring is 1. The van der Waals surface area contributed by atoms with Gasteiger partial charge in [0, 0.05) is 22.8 Å². The minimum Gasteiger partial charge on any atom is -0.399 e. The molecular formula is C13H16N2O. The van der Waals surface area contributed by atoms with Crippen LogP contribution in [0.5, 0.6) is 0 Å². The molecule has 1 aromatic heterocycles. The number of fused-ring (bicyclic) bond motifs is 1. The molecule has 0 fully saturated rings. The molecule has 0 amide bonds. The number of anilines is 1. The third-order valence-electron chi connectivity index (χ3n) is 2.65. The van der Waals surface area contributed by atoms with E-state index >= 15 is 0 Å². The summed E-state index contributed by atoms with van der Waals surface area (Å²) >= 11 is 0. The molecule has 0 bridgehead atoms. The molecule has 0 atom stereocenters. The first-order chi connectivity index (χ1) is 7.39. The normalized spacial score (nSPS) is 11.9. The fourth-order valence-electron chi connectivity index (χ4n) is 1.79. The van der Waals surface area contributed by atoms with Crippen LogP contribution in [0, 0.1) is 0 Å². The Morgan fingerprint density at radius 3 is 2.50 bits per heavy atom. The van der Waals surface area contributed by atoms with Crippen LogP contribution in [0.25, 0.3) is 10.8 Å². The van der Waals surface area contributed by atoms with Crippen LogP contribution < -0.4 is 11.3 Å². The second-order valence-electron chi connectivity index (χ2n) is 5.01. The lowest BCUT2D eigenvalue weighted by Gasteiger charge is -2.22. The van der Waals surface area contributed by atoms with Gasteiger partial charge in [-0.25, -0.2) is 0 Å². The molecule has 1 heterocycles. The predicted molar refractivity (Wildman–Crippen MR) is 67.6 cm³/mol. The molecule has 1 aromatic carbocycles. The van der Waals surface area contributed by atoms with Gasteiger partial charge in [0.1, 0.15) is 0 Å². The van der Waals surface area contributed by atoms with Crippen molar-refractivity contribution >= 4 is 16.5 Å². The Labute approximate surface area is 94.5 Å². The smallest absolute Gasteiger partial charge is 0.258 e. The molecule has 3 nitrogen and oxygen atoms in total. The summed E-state index contributed by atoms with van der Waals surface area (Å²) < 4.78 is 1.74. The third-order valence-corrected chi connectivity index (χ3v) is 2.65. The molecule has 16 heavy (non-hydrogen) atoms. The highest BCUT2D eigenvalue weighted by molar-refractivity contribution is 5.84. The second kappa shape index (κ2) is 3.37. The quantitative estimate of drug-likeness (QED) is 0.687. The molecule has 2 N–H and O–H groups in total. The van der Waals surface area contributed by atoms with Gasteiger partial charge in [-0.05, 0) is 50.4 Å². The summed E-state index contributed by atoms with van der Waals surface area (Å²) in [5.74, 6) is 0. The van der Waals surface area contributed by atoms with Crippen LogP contribution in [-0.2, 0) is 5.54 Å². The van der Waals surface area contributed by atoms with E-state index in [-0.39, 0.29) is 11.1 Å². The van der Waals surface area contributed by atoms with E-state index in [1.807, 2.05) is 39.1 Å². The molecule has 0 aliphatic carbocycles. The van der Waals surface area contributed by atoms with Gasteiger partial charge in [-0.3, -0.25) is 4.79 Å². The average molecular weight is 216 g/mol. The number of hydrogen-bond acceptors (Lipinski definition) is 2. The van der Waals surface area contributed by atoms with Crippen molar-refractivity contribution in [2.45, 2.75) is 26.3 Å². The van der Waals surface area contributed by atoms with Crippen molar-refractivity contribution in [3.05, 3.63) is 40.8 Å². The SMILES string of the molecule is CC(C)(C)n1ccc2cc(N)ccc2c1=O. The lowest BCUT2D eigenvalue weighted by atomic mass is 10.1. The molecule has 0 spiro atoms. The Bertz CT molecular complexity index is 591. The van der Waals surface area contributed by atoms with Crippen molar-refractivity contribution < 1.29 is 0 Å². The van der Waals surface area contributed by atoms with Crippen LogP contribution in [0.15, 0.2) is 35.3 Å². The molecule has 0 aliphatic heterocycles. The lowest BCUT2D eigenvalue weighted by molar-refractivity contribution is 0.386. The van der Waals surface area contributed by atoms with Gasteiger partial charge in [-0.15, -0.1) is 0 Å². The first kappa shape index (κ1) is 10.7. The number of pyridine rings is 1. The summed E-state index contributed by atoms with van der Waals surface area (Å²) in [6.07, 6.45) is 1.82. The molecule has 0 aliphatic rings. The summed E-state index contributed by atoms with van der Waals surface area (Å²) in [5, 5.41) is 1.61. The largest absolute Gasteiger partial charge is 0.399 e. The second-order valence-corrected chi connectivity index (χ2v) is 5.01. The van der Waals surface area contributed by atoms with E-state index in [9.17, 15) is 4.79 Å². The number of hydrogen-bond donors (Lipinski definition) is 1. The topological polar surface area (TPSA) is 48.0 Å².